The molecule has 13 aromatic carbocycles. The van der Waals surface area contributed by atoms with Crippen LogP contribution in [-0.4, -0.2) is 0 Å². The predicted octanol–water partition coefficient (Wildman–Crippen LogP) is 21.5. The quantitative estimate of drug-likeness (QED) is 0.136. The van der Waals surface area contributed by atoms with Gasteiger partial charge in [0, 0.05) is 50.2 Å². The highest BCUT2D eigenvalue weighted by Crippen LogP contribution is 2.68. The van der Waals surface area contributed by atoms with E-state index in [2.05, 4.69) is 325 Å². The van der Waals surface area contributed by atoms with Gasteiger partial charge < -0.3 is 14.2 Å². The van der Waals surface area contributed by atoms with E-state index in [1.165, 1.54) is 61.2 Å². The molecule has 0 aliphatic heterocycles. The number of benzene rings is 13. The molecule has 0 unspecified atom stereocenters. The summed E-state index contributed by atoms with van der Waals surface area (Å²) in [6.07, 6.45) is 0. The van der Waals surface area contributed by atoms with E-state index >= 15 is 0 Å². The van der Waals surface area contributed by atoms with Crippen LogP contribution in [0.5, 0.6) is 0 Å². The Balaban J connectivity index is 0.993. The van der Waals surface area contributed by atoms with Crippen LogP contribution in [0.3, 0.4) is 0 Å². The first-order valence-electron chi connectivity index (χ1n) is 28.2. The maximum absolute atomic E-state index is 7.04. The van der Waals surface area contributed by atoms with Gasteiger partial charge in [-0.25, -0.2) is 0 Å². The van der Waals surface area contributed by atoms with Crippen molar-refractivity contribution in [2.75, 3.05) is 9.80 Å². The van der Waals surface area contributed by atoms with Crippen LogP contribution in [-0.2, 0) is 5.41 Å². The van der Waals surface area contributed by atoms with Gasteiger partial charge in [0.05, 0.1) is 16.8 Å². The van der Waals surface area contributed by atoms with Gasteiger partial charge in [0.1, 0.15) is 11.2 Å². The summed E-state index contributed by atoms with van der Waals surface area (Å²) in [5, 5.41) is 2.24. The van der Waals surface area contributed by atoms with Gasteiger partial charge in [-0.05, 0) is 139 Å². The number of hydrogen-bond donors (Lipinski definition) is 0. The lowest BCUT2D eigenvalue weighted by Gasteiger charge is -2.32. The molecule has 0 bridgehead atoms. The maximum Gasteiger partial charge on any atom is 0.143 e. The summed E-state index contributed by atoms with van der Waals surface area (Å²) in [7, 11) is 0. The molecule has 0 saturated carbocycles. The SMILES string of the molecule is c1ccc(-c2ccc(N(c3ccc(-c4ccccc4)cc3)c3cccc4c3-c3c(N(c5ccc(-c6ccccc6)cc5)c5ccc(-c6ccccc6)cc5)cccc3C43c4ccccc4-c4c3ccc3c4oc4ccccc43)cc2)cc1. The Morgan fingerprint density at radius 1 is 0.232 bits per heavy atom. The van der Waals surface area contributed by atoms with Crippen LogP contribution in [0.25, 0.3) is 88.7 Å². The number of fused-ring (bicyclic) bond motifs is 14. The third kappa shape index (κ3) is 7.44. The Hall–Kier alpha value is -10.7. The molecule has 0 N–H and O–H groups in total. The van der Waals surface area contributed by atoms with Crippen LogP contribution in [0, 0.1) is 0 Å². The minimum absolute atomic E-state index is 0.740. The zero-order chi connectivity index (χ0) is 54.1. The largest absolute Gasteiger partial charge is 0.455 e. The molecule has 0 fully saturated rings. The van der Waals surface area contributed by atoms with Crippen molar-refractivity contribution in [3.05, 3.63) is 338 Å². The molecule has 14 aromatic rings. The number of rotatable bonds is 10. The third-order valence-corrected chi connectivity index (χ3v) is 17.1. The molecular formula is C79H52N2O. The highest BCUT2D eigenvalue weighted by atomic mass is 16.3. The Labute approximate surface area is 477 Å². The van der Waals surface area contributed by atoms with Crippen molar-refractivity contribution in [1.29, 1.82) is 0 Å². The smallest absolute Gasteiger partial charge is 0.143 e. The summed E-state index contributed by atoms with van der Waals surface area (Å²) in [6.45, 7) is 0. The molecule has 0 atom stereocenters. The predicted molar refractivity (Wildman–Crippen MR) is 341 cm³/mol. The second-order valence-electron chi connectivity index (χ2n) is 21.5. The minimum atomic E-state index is -0.740. The van der Waals surface area contributed by atoms with Crippen molar-refractivity contribution >= 4 is 56.1 Å². The number of para-hydroxylation sites is 1. The lowest BCUT2D eigenvalue weighted by Crippen LogP contribution is -2.26. The molecule has 82 heavy (non-hydrogen) atoms. The zero-order valence-electron chi connectivity index (χ0n) is 44.8. The molecule has 2 aliphatic carbocycles. The van der Waals surface area contributed by atoms with Crippen LogP contribution >= 0.6 is 0 Å². The first-order chi connectivity index (χ1) is 40.7. The fraction of sp³-hybridized carbons (Fsp3) is 0.0127. The van der Waals surface area contributed by atoms with E-state index < -0.39 is 5.41 Å². The molecule has 1 spiro atoms. The van der Waals surface area contributed by atoms with Gasteiger partial charge in [0.2, 0.25) is 0 Å². The van der Waals surface area contributed by atoms with Crippen LogP contribution in [0.15, 0.2) is 320 Å². The first-order valence-corrected chi connectivity index (χ1v) is 28.2. The minimum Gasteiger partial charge on any atom is -0.455 e. The molecule has 384 valence electrons. The van der Waals surface area contributed by atoms with Crippen molar-refractivity contribution < 1.29 is 4.42 Å². The van der Waals surface area contributed by atoms with Crippen molar-refractivity contribution in [3.8, 4) is 66.8 Å². The summed E-state index contributed by atoms with van der Waals surface area (Å²) in [5.74, 6) is 0. The van der Waals surface area contributed by atoms with E-state index in [0.29, 0.717) is 0 Å². The molecule has 0 radical (unpaired) electrons. The number of anilines is 6. The van der Waals surface area contributed by atoms with Crippen LogP contribution in [0.1, 0.15) is 22.3 Å². The van der Waals surface area contributed by atoms with Crippen molar-refractivity contribution in [1.82, 2.24) is 0 Å². The van der Waals surface area contributed by atoms with Crippen LogP contribution in [0.2, 0.25) is 0 Å². The lowest BCUT2D eigenvalue weighted by atomic mass is 9.70. The van der Waals surface area contributed by atoms with Gasteiger partial charge in [-0.1, -0.05) is 249 Å². The van der Waals surface area contributed by atoms with E-state index in [1.54, 1.807) is 0 Å². The van der Waals surface area contributed by atoms with E-state index in [0.717, 1.165) is 83.9 Å². The average molecular weight is 1050 g/mol. The fourth-order valence-electron chi connectivity index (χ4n) is 13.5. The van der Waals surface area contributed by atoms with Gasteiger partial charge in [0.15, 0.2) is 0 Å². The Morgan fingerprint density at radius 3 is 1.00 bits per heavy atom. The summed E-state index contributed by atoms with van der Waals surface area (Å²) in [6, 6.07) is 115. The van der Waals surface area contributed by atoms with E-state index in [1.807, 2.05) is 0 Å². The Kier molecular flexibility index (Phi) is 11.1. The van der Waals surface area contributed by atoms with Gasteiger partial charge in [-0.15, -0.1) is 0 Å². The van der Waals surface area contributed by atoms with Crippen LogP contribution < -0.4 is 9.80 Å². The van der Waals surface area contributed by atoms with Gasteiger partial charge in [0.25, 0.3) is 0 Å². The highest BCUT2D eigenvalue weighted by molar-refractivity contribution is 6.14. The van der Waals surface area contributed by atoms with Crippen molar-refractivity contribution in [2.45, 2.75) is 5.41 Å². The van der Waals surface area contributed by atoms with Crippen molar-refractivity contribution in [3.63, 3.8) is 0 Å². The van der Waals surface area contributed by atoms with Crippen molar-refractivity contribution in [2.24, 2.45) is 0 Å². The number of furan rings is 1. The molecule has 0 saturated heterocycles. The highest BCUT2D eigenvalue weighted by Gasteiger charge is 2.54. The molecule has 16 rings (SSSR count). The van der Waals surface area contributed by atoms with Gasteiger partial charge in [-0.3, -0.25) is 0 Å². The van der Waals surface area contributed by atoms with Gasteiger partial charge >= 0.3 is 0 Å². The van der Waals surface area contributed by atoms with E-state index in [4.69, 9.17) is 4.42 Å². The monoisotopic (exact) mass is 1040 g/mol. The molecule has 1 heterocycles. The lowest BCUT2D eigenvalue weighted by molar-refractivity contribution is 0.669. The molecule has 2 aliphatic rings. The summed E-state index contributed by atoms with van der Waals surface area (Å²) in [4.78, 5) is 4.97. The Bertz CT molecular complexity index is 4300. The molecular weight excluding hydrogens is 993 g/mol. The van der Waals surface area contributed by atoms with E-state index in [-0.39, 0.29) is 0 Å². The Morgan fingerprint density at radius 2 is 0.573 bits per heavy atom. The zero-order valence-corrected chi connectivity index (χ0v) is 44.8. The normalized spacial score (nSPS) is 12.5. The standard InChI is InChI=1S/C79H52N2O/c1-5-19-53(20-6-1)57-35-43-61(44-36-57)80(62-45-37-58(38-46-62)54-21-7-2-8-22-54)72-32-17-30-69-76(72)77-70(79(69)68-29-15-13-28-67(68)75-71(79)52-51-66-65-27-14-16-34-74(65)82-78(66)75)31-18-33-73(77)81(63-47-39-59(40-48-63)55-23-9-3-10-24-55)64-49-41-60(42-50-64)56-25-11-4-12-26-56/h1-52H. The molecule has 0 amide bonds. The summed E-state index contributed by atoms with van der Waals surface area (Å²) >= 11 is 0. The van der Waals surface area contributed by atoms with E-state index in [9.17, 15) is 0 Å². The maximum atomic E-state index is 7.04. The third-order valence-electron chi connectivity index (χ3n) is 17.1. The van der Waals surface area contributed by atoms with Crippen LogP contribution in [0.4, 0.5) is 34.1 Å². The molecule has 1 aromatic heterocycles. The number of hydrogen-bond acceptors (Lipinski definition) is 3. The summed E-state index contributed by atoms with van der Waals surface area (Å²) in [5.41, 5.74) is 26.4. The summed E-state index contributed by atoms with van der Waals surface area (Å²) < 4.78 is 7.04. The molecule has 3 nitrogen and oxygen atoms in total. The first kappa shape index (κ1) is 47.3. The second kappa shape index (κ2) is 19.3. The number of nitrogens with zero attached hydrogens (tertiary/aromatic N) is 2. The van der Waals surface area contributed by atoms with Gasteiger partial charge in [-0.2, -0.15) is 0 Å². The average Bonchev–Trinajstić information content (AvgIpc) is 1.72. The second-order valence-corrected chi connectivity index (χ2v) is 21.5. The fourth-order valence-corrected chi connectivity index (χ4v) is 13.5. The topological polar surface area (TPSA) is 19.6 Å². The molecule has 3 heteroatoms.